The van der Waals surface area contributed by atoms with E-state index in [2.05, 4.69) is 5.10 Å². The lowest BCUT2D eigenvalue weighted by Gasteiger charge is -2.12. The lowest BCUT2D eigenvalue weighted by atomic mass is 10.3. The second-order valence-corrected chi connectivity index (χ2v) is 4.78. The standard InChI is InChI=1S/C13H18ClN3O/c1-4-17-12(13(14)9(2)15-17)8-16-7-5-6-11(16)10(3)18/h5-7,10,18H,4,8H2,1-3H3. The first kappa shape index (κ1) is 13.2. The Morgan fingerprint density at radius 3 is 2.83 bits per heavy atom. The van der Waals surface area contributed by atoms with Crippen LogP contribution in [0.1, 0.15) is 37.0 Å². The summed E-state index contributed by atoms with van der Waals surface area (Å²) in [6.07, 6.45) is 1.46. The summed E-state index contributed by atoms with van der Waals surface area (Å²) >= 11 is 6.28. The molecule has 1 unspecified atom stereocenters. The zero-order chi connectivity index (χ0) is 13.3. The molecule has 0 aliphatic heterocycles. The average molecular weight is 268 g/mol. The van der Waals surface area contributed by atoms with Gasteiger partial charge in [-0.2, -0.15) is 5.10 Å². The summed E-state index contributed by atoms with van der Waals surface area (Å²) in [6, 6.07) is 3.84. The smallest absolute Gasteiger partial charge is 0.0911 e. The molecule has 5 heteroatoms. The number of aryl methyl sites for hydroxylation is 2. The van der Waals surface area contributed by atoms with E-state index in [-0.39, 0.29) is 0 Å². The van der Waals surface area contributed by atoms with Crippen LogP contribution in [0.4, 0.5) is 0 Å². The fraction of sp³-hybridized carbons (Fsp3) is 0.462. The van der Waals surface area contributed by atoms with Crippen LogP contribution in [-0.2, 0) is 13.1 Å². The number of aromatic nitrogens is 3. The maximum absolute atomic E-state index is 9.70. The molecule has 2 aromatic rings. The van der Waals surface area contributed by atoms with E-state index in [0.29, 0.717) is 11.6 Å². The summed E-state index contributed by atoms with van der Waals surface area (Å²) in [5.74, 6) is 0. The van der Waals surface area contributed by atoms with Crippen molar-refractivity contribution < 1.29 is 5.11 Å². The normalized spacial score (nSPS) is 12.9. The molecule has 0 radical (unpaired) electrons. The van der Waals surface area contributed by atoms with E-state index in [4.69, 9.17) is 11.6 Å². The molecule has 0 aliphatic carbocycles. The van der Waals surface area contributed by atoms with Gasteiger partial charge in [0.15, 0.2) is 0 Å². The van der Waals surface area contributed by atoms with Crippen LogP contribution < -0.4 is 0 Å². The lowest BCUT2D eigenvalue weighted by Crippen LogP contribution is -2.11. The van der Waals surface area contributed by atoms with Gasteiger partial charge in [-0.3, -0.25) is 4.68 Å². The van der Waals surface area contributed by atoms with Gasteiger partial charge in [-0.15, -0.1) is 0 Å². The molecule has 2 rings (SSSR count). The second kappa shape index (κ2) is 5.16. The van der Waals surface area contributed by atoms with Crippen LogP contribution in [0.2, 0.25) is 5.02 Å². The van der Waals surface area contributed by atoms with E-state index in [1.807, 2.05) is 41.4 Å². The zero-order valence-corrected chi connectivity index (χ0v) is 11.6. The van der Waals surface area contributed by atoms with Gasteiger partial charge < -0.3 is 9.67 Å². The molecule has 0 aromatic carbocycles. The topological polar surface area (TPSA) is 43.0 Å². The number of hydrogen-bond donors (Lipinski definition) is 1. The van der Waals surface area contributed by atoms with Crippen molar-refractivity contribution in [2.75, 3.05) is 0 Å². The Hall–Kier alpha value is -1.26. The molecule has 2 heterocycles. The number of halogens is 1. The van der Waals surface area contributed by atoms with E-state index in [1.54, 1.807) is 6.92 Å². The van der Waals surface area contributed by atoms with Crippen molar-refractivity contribution in [3.63, 3.8) is 0 Å². The van der Waals surface area contributed by atoms with Gasteiger partial charge >= 0.3 is 0 Å². The minimum absolute atomic E-state index is 0.488. The molecule has 0 fully saturated rings. The molecule has 2 aromatic heterocycles. The molecule has 0 saturated carbocycles. The highest BCUT2D eigenvalue weighted by Gasteiger charge is 2.15. The molecule has 0 amide bonds. The summed E-state index contributed by atoms with van der Waals surface area (Å²) in [5, 5.41) is 14.8. The molecular weight excluding hydrogens is 250 g/mol. The highest BCUT2D eigenvalue weighted by Crippen LogP contribution is 2.23. The largest absolute Gasteiger partial charge is 0.387 e. The summed E-state index contributed by atoms with van der Waals surface area (Å²) in [6.45, 7) is 7.12. The van der Waals surface area contributed by atoms with Crippen LogP contribution in [0.5, 0.6) is 0 Å². The maximum Gasteiger partial charge on any atom is 0.0911 e. The summed E-state index contributed by atoms with van der Waals surface area (Å²) < 4.78 is 3.91. The van der Waals surface area contributed by atoms with Crippen LogP contribution in [0, 0.1) is 6.92 Å². The molecular formula is C13H18ClN3O. The highest BCUT2D eigenvalue weighted by molar-refractivity contribution is 6.31. The van der Waals surface area contributed by atoms with Crippen molar-refractivity contribution in [1.29, 1.82) is 0 Å². The first-order chi connectivity index (χ1) is 8.54. The SMILES string of the molecule is CCn1nc(C)c(Cl)c1Cn1cccc1C(C)O. The van der Waals surface area contributed by atoms with Crippen LogP contribution in [0.3, 0.4) is 0 Å². The molecule has 0 spiro atoms. The Morgan fingerprint density at radius 2 is 2.22 bits per heavy atom. The van der Waals surface area contributed by atoms with E-state index in [1.165, 1.54) is 0 Å². The van der Waals surface area contributed by atoms with Gasteiger partial charge in [-0.25, -0.2) is 0 Å². The maximum atomic E-state index is 9.70. The monoisotopic (exact) mass is 267 g/mol. The molecule has 0 bridgehead atoms. The van der Waals surface area contributed by atoms with Gasteiger partial charge in [-0.05, 0) is 32.9 Å². The Balaban J connectivity index is 2.36. The predicted molar refractivity (Wildman–Crippen MR) is 71.8 cm³/mol. The van der Waals surface area contributed by atoms with Crippen molar-refractivity contribution in [2.45, 2.75) is 40.0 Å². The quantitative estimate of drug-likeness (QED) is 0.926. The predicted octanol–water partition coefficient (Wildman–Crippen LogP) is 2.77. The van der Waals surface area contributed by atoms with E-state index in [9.17, 15) is 5.11 Å². The molecule has 1 atom stereocenters. The molecule has 98 valence electrons. The van der Waals surface area contributed by atoms with Crippen molar-refractivity contribution in [3.05, 3.63) is 40.4 Å². The summed E-state index contributed by atoms with van der Waals surface area (Å²) in [7, 11) is 0. The van der Waals surface area contributed by atoms with Gasteiger partial charge in [0, 0.05) is 18.4 Å². The molecule has 4 nitrogen and oxygen atoms in total. The number of aliphatic hydroxyl groups excluding tert-OH is 1. The summed E-state index contributed by atoms with van der Waals surface area (Å²) in [5.41, 5.74) is 2.71. The number of aliphatic hydroxyl groups is 1. The first-order valence-electron chi connectivity index (χ1n) is 6.09. The van der Waals surface area contributed by atoms with E-state index in [0.717, 1.165) is 23.6 Å². The highest BCUT2D eigenvalue weighted by atomic mass is 35.5. The van der Waals surface area contributed by atoms with Crippen molar-refractivity contribution in [2.24, 2.45) is 0 Å². The van der Waals surface area contributed by atoms with Gasteiger partial charge in [0.2, 0.25) is 0 Å². The molecule has 0 aliphatic rings. The number of rotatable bonds is 4. The first-order valence-corrected chi connectivity index (χ1v) is 6.47. The molecule has 18 heavy (non-hydrogen) atoms. The Morgan fingerprint density at radius 1 is 1.50 bits per heavy atom. The number of hydrogen-bond acceptors (Lipinski definition) is 2. The van der Waals surface area contributed by atoms with Crippen molar-refractivity contribution in [1.82, 2.24) is 14.3 Å². The number of nitrogens with zero attached hydrogens (tertiary/aromatic N) is 3. The van der Waals surface area contributed by atoms with Crippen LogP contribution >= 0.6 is 11.6 Å². The van der Waals surface area contributed by atoms with Crippen LogP contribution in [-0.4, -0.2) is 19.5 Å². The van der Waals surface area contributed by atoms with Gasteiger partial charge in [0.25, 0.3) is 0 Å². The van der Waals surface area contributed by atoms with Crippen molar-refractivity contribution >= 4 is 11.6 Å². The summed E-state index contributed by atoms with van der Waals surface area (Å²) in [4.78, 5) is 0. The third-order valence-electron chi connectivity index (χ3n) is 3.07. The van der Waals surface area contributed by atoms with Gasteiger partial charge in [0.1, 0.15) is 0 Å². The minimum atomic E-state index is -0.488. The fourth-order valence-electron chi connectivity index (χ4n) is 2.13. The van der Waals surface area contributed by atoms with Gasteiger partial charge in [-0.1, -0.05) is 11.6 Å². The van der Waals surface area contributed by atoms with Gasteiger partial charge in [0.05, 0.1) is 29.1 Å². The lowest BCUT2D eigenvalue weighted by molar-refractivity contribution is 0.189. The third kappa shape index (κ3) is 2.31. The average Bonchev–Trinajstić information content (AvgIpc) is 2.89. The minimum Gasteiger partial charge on any atom is -0.387 e. The van der Waals surface area contributed by atoms with E-state index < -0.39 is 6.10 Å². The van der Waals surface area contributed by atoms with E-state index >= 15 is 0 Å². The Kier molecular flexibility index (Phi) is 3.78. The zero-order valence-electron chi connectivity index (χ0n) is 10.9. The molecule has 1 N–H and O–H groups in total. The third-order valence-corrected chi connectivity index (χ3v) is 3.56. The Labute approximate surface area is 112 Å². The van der Waals surface area contributed by atoms with Crippen LogP contribution in [0.25, 0.3) is 0 Å². The molecule has 0 saturated heterocycles. The second-order valence-electron chi connectivity index (χ2n) is 4.40. The van der Waals surface area contributed by atoms with Crippen LogP contribution in [0.15, 0.2) is 18.3 Å². The fourth-order valence-corrected chi connectivity index (χ4v) is 2.33. The van der Waals surface area contributed by atoms with Crippen molar-refractivity contribution in [3.8, 4) is 0 Å². The Bertz CT molecular complexity index is 542.